The second-order valence-electron chi connectivity index (χ2n) is 5.98. The minimum atomic E-state index is -0.569. The second-order valence-corrected chi connectivity index (χ2v) is 5.98. The van der Waals surface area contributed by atoms with E-state index in [0.717, 1.165) is 10.9 Å². The Morgan fingerprint density at radius 1 is 1.11 bits per heavy atom. The Morgan fingerprint density at radius 3 is 2.74 bits per heavy atom. The molecule has 0 fully saturated rings. The Labute approximate surface area is 155 Å². The number of hydrogen-bond donors (Lipinski definition) is 1. The summed E-state index contributed by atoms with van der Waals surface area (Å²) in [6, 6.07) is 18.3. The first kappa shape index (κ1) is 16.7. The predicted molar refractivity (Wildman–Crippen MR) is 104 cm³/mol. The first-order valence-electron chi connectivity index (χ1n) is 8.42. The number of hydrogen-bond acceptors (Lipinski definition) is 4. The Hall–Kier alpha value is -3.80. The van der Waals surface area contributed by atoms with Crippen LogP contribution in [0, 0.1) is 0 Å². The molecule has 0 saturated carbocycles. The topological polar surface area (TPSA) is 79.8 Å². The third-order valence-corrected chi connectivity index (χ3v) is 4.29. The van der Waals surface area contributed by atoms with Gasteiger partial charge in [0.2, 0.25) is 5.88 Å². The molecule has 132 valence electrons. The number of aromatic hydroxyl groups is 1. The normalized spacial score (nSPS) is 11.4. The molecule has 6 heteroatoms. The summed E-state index contributed by atoms with van der Waals surface area (Å²) < 4.78 is 1.66. The van der Waals surface area contributed by atoms with Crippen molar-refractivity contribution in [1.82, 2.24) is 9.55 Å². The third-order valence-electron chi connectivity index (χ3n) is 4.29. The van der Waals surface area contributed by atoms with E-state index in [1.807, 2.05) is 54.6 Å². The highest BCUT2D eigenvalue weighted by Gasteiger charge is 2.16. The van der Waals surface area contributed by atoms with Crippen LogP contribution in [0.25, 0.3) is 21.8 Å². The highest BCUT2D eigenvalue weighted by Crippen LogP contribution is 2.38. The SMILES string of the molecule is C=CCn1c(O)c(N=NC(=O)c2ccc3ccccc3n2)c2ccccc21. The number of pyridine rings is 1. The molecular formula is C21H16N4O2. The zero-order valence-electron chi connectivity index (χ0n) is 14.4. The summed E-state index contributed by atoms with van der Waals surface area (Å²) in [6.45, 7) is 4.12. The highest BCUT2D eigenvalue weighted by molar-refractivity contribution is 5.97. The number of nitrogens with zero attached hydrogens (tertiary/aromatic N) is 4. The van der Waals surface area contributed by atoms with Gasteiger partial charge in [-0.25, -0.2) is 4.98 Å². The van der Waals surface area contributed by atoms with E-state index in [-0.39, 0.29) is 17.3 Å². The van der Waals surface area contributed by atoms with Crippen molar-refractivity contribution in [3.63, 3.8) is 0 Å². The van der Waals surface area contributed by atoms with Crippen LogP contribution in [0.3, 0.4) is 0 Å². The minimum absolute atomic E-state index is 0.0564. The summed E-state index contributed by atoms with van der Waals surface area (Å²) in [7, 11) is 0. The second kappa shape index (κ2) is 6.84. The van der Waals surface area contributed by atoms with Gasteiger partial charge in [-0.15, -0.1) is 16.8 Å². The number of rotatable bonds is 4. The Bertz CT molecular complexity index is 1210. The lowest BCUT2D eigenvalue weighted by atomic mass is 10.2. The maximum absolute atomic E-state index is 12.4. The molecule has 2 heterocycles. The molecule has 6 nitrogen and oxygen atoms in total. The molecule has 0 bridgehead atoms. The average molecular weight is 356 g/mol. The van der Waals surface area contributed by atoms with E-state index in [4.69, 9.17) is 0 Å². The van der Waals surface area contributed by atoms with Crippen LogP contribution in [0.1, 0.15) is 10.5 Å². The molecule has 0 radical (unpaired) electrons. The first-order valence-corrected chi connectivity index (χ1v) is 8.42. The van der Waals surface area contributed by atoms with Crippen molar-refractivity contribution in [3.05, 3.63) is 79.0 Å². The average Bonchev–Trinajstić information content (AvgIpc) is 2.97. The zero-order valence-corrected chi connectivity index (χ0v) is 14.4. The summed E-state index contributed by atoms with van der Waals surface area (Å²) in [6.07, 6.45) is 1.68. The smallest absolute Gasteiger partial charge is 0.313 e. The number of amides is 1. The van der Waals surface area contributed by atoms with Crippen LogP contribution in [0.2, 0.25) is 0 Å². The first-order chi connectivity index (χ1) is 13.2. The van der Waals surface area contributed by atoms with E-state index in [2.05, 4.69) is 21.8 Å². The van der Waals surface area contributed by atoms with Crippen molar-refractivity contribution in [3.8, 4) is 5.88 Å². The van der Waals surface area contributed by atoms with Gasteiger partial charge in [0.25, 0.3) is 0 Å². The van der Waals surface area contributed by atoms with Gasteiger partial charge in [0, 0.05) is 17.3 Å². The number of carbonyl (C=O) groups excluding carboxylic acids is 1. The number of benzene rings is 2. The number of azo groups is 1. The van der Waals surface area contributed by atoms with E-state index in [1.54, 1.807) is 16.7 Å². The van der Waals surface area contributed by atoms with Gasteiger partial charge in [-0.05, 0) is 18.2 Å². The molecule has 2 aromatic heterocycles. The Balaban J connectivity index is 1.72. The summed E-state index contributed by atoms with van der Waals surface area (Å²) in [4.78, 5) is 16.7. The van der Waals surface area contributed by atoms with Crippen molar-refractivity contribution in [2.24, 2.45) is 10.2 Å². The maximum Gasteiger partial charge on any atom is 0.313 e. The van der Waals surface area contributed by atoms with Gasteiger partial charge in [0.05, 0.1) is 11.0 Å². The summed E-state index contributed by atoms with van der Waals surface area (Å²) >= 11 is 0. The Kier molecular flexibility index (Phi) is 4.22. The van der Waals surface area contributed by atoms with Gasteiger partial charge in [-0.1, -0.05) is 48.5 Å². The van der Waals surface area contributed by atoms with Crippen LogP contribution in [-0.2, 0) is 6.54 Å². The molecule has 27 heavy (non-hydrogen) atoms. The molecule has 0 aliphatic heterocycles. The lowest BCUT2D eigenvalue weighted by molar-refractivity contribution is 0.0990. The number of allylic oxidation sites excluding steroid dienone is 1. The summed E-state index contributed by atoms with van der Waals surface area (Å²) in [5, 5.41) is 20.0. The van der Waals surface area contributed by atoms with Gasteiger partial charge in [0.15, 0.2) is 5.69 Å². The number of fused-ring (bicyclic) bond motifs is 2. The van der Waals surface area contributed by atoms with E-state index >= 15 is 0 Å². The fourth-order valence-corrected chi connectivity index (χ4v) is 3.02. The summed E-state index contributed by atoms with van der Waals surface area (Å²) in [5.74, 6) is -0.625. The molecule has 0 aliphatic rings. The molecule has 0 unspecified atom stereocenters. The van der Waals surface area contributed by atoms with Crippen LogP contribution in [-0.4, -0.2) is 20.6 Å². The molecule has 0 saturated heterocycles. The lowest BCUT2D eigenvalue weighted by Gasteiger charge is -2.01. The molecule has 1 N–H and O–H groups in total. The molecule has 0 atom stereocenters. The summed E-state index contributed by atoms with van der Waals surface area (Å²) in [5.41, 5.74) is 1.96. The van der Waals surface area contributed by atoms with Crippen LogP contribution in [0.15, 0.2) is 83.5 Å². The highest BCUT2D eigenvalue weighted by atomic mass is 16.3. The van der Waals surface area contributed by atoms with Crippen LogP contribution in [0.5, 0.6) is 5.88 Å². The van der Waals surface area contributed by atoms with E-state index < -0.39 is 5.91 Å². The van der Waals surface area contributed by atoms with Crippen molar-refractivity contribution < 1.29 is 9.90 Å². The van der Waals surface area contributed by atoms with Gasteiger partial charge in [0.1, 0.15) is 5.69 Å². The zero-order chi connectivity index (χ0) is 18.8. The van der Waals surface area contributed by atoms with Gasteiger partial charge >= 0.3 is 5.91 Å². The monoisotopic (exact) mass is 356 g/mol. The largest absolute Gasteiger partial charge is 0.493 e. The van der Waals surface area contributed by atoms with Crippen LogP contribution in [0.4, 0.5) is 5.69 Å². The van der Waals surface area contributed by atoms with Crippen LogP contribution >= 0.6 is 0 Å². The fraction of sp³-hybridized carbons (Fsp3) is 0.0476. The van der Waals surface area contributed by atoms with Crippen LogP contribution < -0.4 is 0 Å². The maximum atomic E-state index is 12.4. The molecule has 4 aromatic rings. The molecule has 0 aliphatic carbocycles. The standard InChI is InChI=1S/C21H16N4O2/c1-2-13-25-18-10-6-4-8-15(18)19(21(25)27)23-24-20(26)17-12-11-14-7-3-5-9-16(14)22-17/h2-12,27H,1,13H2. The van der Waals surface area contributed by atoms with Gasteiger partial charge in [-0.2, -0.15) is 0 Å². The Morgan fingerprint density at radius 2 is 1.89 bits per heavy atom. The quantitative estimate of drug-likeness (QED) is 0.412. The minimum Gasteiger partial charge on any atom is -0.493 e. The van der Waals surface area contributed by atoms with Gasteiger partial charge < -0.3 is 9.67 Å². The predicted octanol–water partition coefficient (Wildman–Crippen LogP) is 5.01. The van der Waals surface area contributed by atoms with Crippen molar-refractivity contribution in [2.45, 2.75) is 6.54 Å². The molecule has 0 spiro atoms. The van der Waals surface area contributed by atoms with E-state index in [1.165, 1.54) is 0 Å². The van der Waals surface area contributed by atoms with Crippen molar-refractivity contribution >= 4 is 33.4 Å². The number of carbonyl (C=O) groups is 1. The third kappa shape index (κ3) is 2.97. The number of para-hydroxylation sites is 2. The number of aromatic nitrogens is 2. The molecule has 2 aromatic carbocycles. The lowest BCUT2D eigenvalue weighted by Crippen LogP contribution is -1.97. The van der Waals surface area contributed by atoms with Crippen molar-refractivity contribution in [1.29, 1.82) is 0 Å². The molecule has 1 amide bonds. The fourth-order valence-electron chi connectivity index (χ4n) is 3.02. The molecule has 4 rings (SSSR count). The van der Waals surface area contributed by atoms with E-state index in [9.17, 15) is 9.90 Å². The molecular weight excluding hydrogens is 340 g/mol. The van der Waals surface area contributed by atoms with E-state index in [0.29, 0.717) is 17.4 Å². The van der Waals surface area contributed by atoms with Crippen molar-refractivity contribution in [2.75, 3.05) is 0 Å². The van der Waals surface area contributed by atoms with Gasteiger partial charge in [-0.3, -0.25) is 4.79 Å².